The normalized spacial score (nSPS) is 12.0. The van der Waals surface area contributed by atoms with Crippen molar-refractivity contribution in [2.45, 2.75) is 51.9 Å². The Hall–Kier alpha value is -3.40. The molecule has 0 saturated carbocycles. The topological polar surface area (TPSA) is 76.0 Å². The molecule has 0 fully saturated rings. The molecular formula is C28H32N2O2. The minimum atomic E-state index is -0.298. The zero-order valence-electron chi connectivity index (χ0n) is 19.2. The van der Waals surface area contributed by atoms with Crippen molar-refractivity contribution < 1.29 is 4.79 Å². The summed E-state index contributed by atoms with van der Waals surface area (Å²) in [4.78, 5) is 27.0. The first-order valence-corrected chi connectivity index (χ1v) is 11.1. The molecule has 0 bridgehead atoms. The second kappa shape index (κ2) is 10.3. The SMILES string of the molecule is CC(C)(C)c1ccc(/C(=C\CCCC(N)=O)c2ccc(Cc3ccccc3)c(=O)[nH]2)cc1. The van der Waals surface area contributed by atoms with Crippen LogP contribution in [0.2, 0.25) is 0 Å². The van der Waals surface area contributed by atoms with Crippen molar-refractivity contribution in [1.29, 1.82) is 0 Å². The van der Waals surface area contributed by atoms with Crippen LogP contribution in [-0.2, 0) is 16.6 Å². The number of nitrogens with two attached hydrogens (primary N) is 1. The third-order valence-electron chi connectivity index (χ3n) is 5.56. The van der Waals surface area contributed by atoms with Crippen LogP contribution in [0.4, 0.5) is 0 Å². The van der Waals surface area contributed by atoms with Gasteiger partial charge in [-0.1, -0.05) is 87.5 Å². The number of unbranched alkanes of at least 4 members (excludes halogenated alkanes) is 1. The lowest BCUT2D eigenvalue weighted by molar-refractivity contribution is -0.118. The van der Waals surface area contributed by atoms with Crippen molar-refractivity contribution in [2.24, 2.45) is 5.73 Å². The molecule has 0 aliphatic rings. The number of rotatable bonds is 8. The monoisotopic (exact) mass is 428 g/mol. The molecule has 1 aromatic heterocycles. The molecule has 0 aliphatic carbocycles. The number of hydrogen-bond acceptors (Lipinski definition) is 2. The fraction of sp³-hybridized carbons (Fsp3) is 0.286. The summed E-state index contributed by atoms with van der Waals surface area (Å²) in [6.07, 6.45) is 4.40. The Labute approximate surface area is 190 Å². The average molecular weight is 429 g/mol. The summed E-state index contributed by atoms with van der Waals surface area (Å²) in [7, 11) is 0. The predicted molar refractivity (Wildman–Crippen MR) is 132 cm³/mol. The Kier molecular flexibility index (Phi) is 7.47. The van der Waals surface area contributed by atoms with Crippen molar-refractivity contribution in [3.05, 3.63) is 111 Å². The molecule has 0 saturated heterocycles. The Balaban J connectivity index is 1.92. The number of allylic oxidation sites excluding steroid dienone is 1. The van der Waals surface area contributed by atoms with E-state index in [0.29, 0.717) is 25.7 Å². The number of primary amides is 1. The van der Waals surface area contributed by atoms with Gasteiger partial charge in [-0.25, -0.2) is 0 Å². The predicted octanol–water partition coefficient (Wildman–Crippen LogP) is 5.35. The van der Waals surface area contributed by atoms with Crippen molar-refractivity contribution in [3.63, 3.8) is 0 Å². The van der Waals surface area contributed by atoms with E-state index in [1.165, 1.54) is 5.56 Å². The lowest BCUT2D eigenvalue weighted by atomic mass is 9.86. The summed E-state index contributed by atoms with van der Waals surface area (Å²) in [6.45, 7) is 6.56. The van der Waals surface area contributed by atoms with Crippen LogP contribution in [-0.4, -0.2) is 10.9 Å². The van der Waals surface area contributed by atoms with Gasteiger partial charge in [0.1, 0.15) is 0 Å². The first kappa shape index (κ1) is 23.3. The molecule has 3 aromatic rings. The lowest BCUT2D eigenvalue weighted by Crippen LogP contribution is -2.15. The van der Waals surface area contributed by atoms with Crippen LogP contribution in [0, 0.1) is 0 Å². The lowest BCUT2D eigenvalue weighted by Gasteiger charge is -2.19. The van der Waals surface area contributed by atoms with Crippen LogP contribution < -0.4 is 11.3 Å². The summed E-state index contributed by atoms with van der Waals surface area (Å²) >= 11 is 0. The molecule has 0 spiro atoms. The van der Waals surface area contributed by atoms with Gasteiger partial charge in [0.05, 0.1) is 0 Å². The molecule has 0 atom stereocenters. The van der Waals surface area contributed by atoms with E-state index in [0.717, 1.165) is 28.0 Å². The molecule has 0 radical (unpaired) electrons. The molecular weight excluding hydrogens is 396 g/mol. The van der Waals surface area contributed by atoms with Crippen LogP contribution in [0.3, 0.4) is 0 Å². The van der Waals surface area contributed by atoms with E-state index in [1.807, 2.05) is 42.5 Å². The van der Waals surface area contributed by atoms with Crippen LogP contribution in [0.15, 0.2) is 77.6 Å². The number of carbonyl (C=O) groups excluding carboxylic acids is 1. The Morgan fingerprint density at radius 3 is 2.25 bits per heavy atom. The standard InChI is InChI=1S/C28H32N2O2/c1-28(2,3)23-16-13-21(14-17-23)24(11-7-8-12-26(29)31)25-18-15-22(27(32)30-25)19-20-9-5-4-6-10-20/h4-6,9-11,13-18H,7-8,12,19H2,1-3H3,(H2,29,31)(H,30,32)/b24-11+. The van der Waals surface area contributed by atoms with Crippen LogP contribution >= 0.6 is 0 Å². The van der Waals surface area contributed by atoms with Gasteiger partial charge < -0.3 is 10.7 Å². The molecule has 4 heteroatoms. The minimum Gasteiger partial charge on any atom is -0.370 e. The summed E-state index contributed by atoms with van der Waals surface area (Å²) in [5, 5.41) is 0. The largest absolute Gasteiger partial charge is 0.370 e. The molecule has 0 aliphatic heterocycles. The molecule has 1 heterocycles. The fourth-order valence-electron chi connectivity index (χ4n) is 3.67. The molecule has 3 rings (SSSR count). The number of carbonyl (C=O) groups is 1. The average Bonchev–Trinajstić information content (AvgIpc) is 2.75. The summed E-state index contributed by atoms with van der Waals surface area (Å²) in [5.74, 6) is -0.298. The maximum absolute atomic E-state index is 12.8. The maximum atomic E-state index is 12.8. The molecule has 3 N–H and O–H groups in total. The van der Waals surface area contributed by atoms with E-state index in [2.05, 4.69) is 56.1 Å². The van der Waals surface area contributed by atoms with Gasteiger partial charge in [0.25, 0.3) is 5.56 Å². The van der Waals surface area contributed by atoms with Gasteiger partial charge >= 0.3 is 0 Å². The number of H-pyrrole nitrogens is 1. The van der Waals surface area contributed by atoms with E-state index in [-0.39, 0.29) is 16.9 Å². The third-order valence-corrected chi connectivity index (χ3v) is 5.56. The quantitative estimate of drug-likeness (QED) is 0.475. The number of aromatic amines is 1. The van der Waals surface area contributed by atoms with Gasteiger partial charge in [-0.05, 0) is 41.0 Å². The van der Waals surface area contributed by atoms with Gasteiger partial charge in [-0.3, -0.25) is 9.59 Å². The first-order valence-electron chi connectivity index (χ1n) is 11.1. The van der Waals surface area contributed by atoms with E-state index < -0.39 is 0 Å². The minimum absolute atomic E-state index is 0.0668. The summed E-state index contributed by atoms with van der Waals surface area (Å²) < 4.78 is 0. The number of aromatic nitrogens is 1. The number of benzene rings is 2. The highest BCUT2D eigenvalue weighted by Crippen LogP contribution is 2.27. The molecule has 2 aromatic carbocycles. The molecule has 0 unspecified atom stereocenters. The highest BCUT2D eigenvalue weighted by atomic mass is 16.1. The first-order chi connectivity index (χ1) is 15.2. The molecule has 1 amide bonds. The second-order valence-electron chi connectivity index (χ2n) is 9.19. The van der Waals surface area contributed by atoms with Crippen LogP contribution in [0.1, 0.15) is 68.0 Å². The van der Waals surface area contributed by atoms with E-state index in [4.69, 9.17) is 5.73 Å². The molecule has 166 valence electrons. The third kappa shape index (κ3) is 6.30. The van der Waals surface area contributed by atoms with Gasteiger partial charge in [0, 0.05) is 29.7 Å². The summed E-state index contributed by atoms with van der Waals surface area (Å²) in [6, 6.07) is 22.3. The fourth-order valence-corrected chi connectivity index (χ4v) is 3.67. The van der Waals surface area contributed by atoms with Crippen LogP contribution in [0.5, 0.6) is 0 Å². The van der Waals surface area contributed by atoms with E-state index >= 15 is 0 Å². The van der Waals surface area contributed by atoms with Gasteiger partial charge in [0.15, 0.2) is 0 Å². The van der Waals surface area contributed by atoms with Crippen LogP contribution in [0.25, 0.3) is 5.57 Å². The second-order valence-corrected chi connectivity index (χ2v) is 9.19. The zero-order chi connectivity index (χ0) is 23.1. The smallest absolute Gasteiger partial charge is 0.251 e. The highest BCUT2D eigenvalue weighted by molar-refractivity contribution is 5.78. The van der Waals surface area contributed by atoms with Crippen molar-refractivity contribution in [3.8, 4) is 0 Å². The number of amides is 1. The number of pyridine rings is 1. The van der Waals surface area contributed by atoms with Crippen molar-refractivity contribution >= 4 is 11.5 Å². The van der Waals surface area contributed by atoms with E-state index in [9.17, 15) is 9.59 Å². The molecule has 32 heavy (non-hydrogen) atoms. The zero-order valence-corrected chi connectivity index (χ0v) is 19.2. The highest BCUT2D eigenvalue weighted by Gasteiger charge is 2.14. The van der Waals surface area contributed by atoms with Crippen molar-refractivity contribution in [2.75, 3.05) is 0 Å². The number of hydrogen-bond donors (Lipinski definition) is 2. The van der Waals surface area contributed by atoms with Gasteiger partial charge in [-0.2, -0.15) is 0 Å². The number of nitrogens with one attached hydrogen (secondary N) is 1. The van der Waals surface area contributed by atoms with Gasteiger partial charge in [-0.15, -0.1) is 0 Å². The molecule has 4 nitrogen and oxygen atoms in total. The maximum Gasteiger partial charge on any atom is 0.251 e. The van der Waals surface area contributed by atoms with Gasteiger partial charge in [0.2, 0.25) is 5.91 Å². The Morgan fingerprint density at radius 1 is 0.969 bits per heavy atom. The van der Waals surface area contributed by atoms with Crippen molar-refractivity contribution in [1.82, 2.24) is 4.98 Å². The van der Waals surface area contributed by atoms with E-state index in [1.54, 1.807) is 0 Å². The summed E-state index contributed by atoms with van der Waals surface area (Å²) in [5.41, 5.74) is 11.1. The Bertz CT molecular complexity index is 1130. The Morgan fingerprint density at radius 2 is 1.66 bits per heavy atom.